The largest absolute Gasteiger partial charge is 0.256 e. The minimum atomic E-state index is 1.01. The number of hydrogen-bond acceptors (Lipinski definition) is 1. The fraction of sp³-hybridized carbons (Fsp3) is 0. The normalized spacial score (nSPS) is 11.1. The number of fused-ring (bicyclic) bond motifs is 2. The maximum absolute atomic E-state index is 4.70. The van der Waals surface area contributed by atoms with Crippen LogP contribution in [0.5, 0.6) is 0 Å². The Bertz CT molecular complexity index is 1480. The molecule has 1 heterocycles. The van der Waals surface area contributed by atoms with E-state index in [0.29, 0.717) is 0 Å². The van der Waals surface area contributed by atoms with Crippen LogP contribution in [-0.2, 0) is 0 Å². The number of pyridine rings is 1. The lowest BCUT2D eigenvalue weighted by Crippen LogP contribution is -1.92. The number of benzene rings is 5. The SMILES string of the molecule is c1ccc(-c2ccc(-c3c4ccccc4c(-c4ccccn4)c4ccccc34)cc2)cc1. The Morgan fingerprint density at radius 3 is 1.38 bits per heavy atom. The topological polar surface area (TPSA) is 12.9 Å². The van der Waals surface area contributed by atoms with Gasteiger partial charge in [-0.1, -0.05) is 109 Å². The summed E-state index contributed by atoms with van der Waals surface area (Å²) in [5, 5.41) is 4.96. The van der Waals surface area contributed by atoms with Crippen molar-refractivity contribution in [3.63, 3.8) is 0 Å². The Morgan fingerprint density at radius 2 is 0.812 bits per heavy atom. The lowest BCUT2D eigenvalue weighted by atomic mass is 9.87. The highest BCUT2D eigenvalue weighted by molar-refractivity contribution is 6.21. The van der Waals surface area contributed by atoms with Crippen molar-refractivity contribution in [1.29, 1.82) is 0 Å². The van der Waals surface area contributed by atoms with Crippen molar-refractivity contribution in [3.8, 4) is 33.5 Å². The summed E-state index contributed by atoms with van der Waals surface area (Å²) in [4.78, 5) is 4.70. The van der Waals surface area contributed by atoms with Crippen molar-refractivity contribution >= 4 is 21.5 Å². The monoisotopic (exact) mass is 407 g/mol. The van der Waals surface area contributed by atoms with Crippen LogP contribution < -0.4 is 0 Å². The third-order valence-electron chi connectivity index (χ3n) is 6.13. The maximum atomic E-state index is 4.70. The zero-order valence-corrected chi connectivity index (χ0v) is 17.6. The molecule has 150 valence electrons. The van der Waals surface area contributed by atoms with Gasteiger partial charge in [0.15, 0.2) is 0 Å². The lowest BCUT2D eigenvalue weighted by molar-refractivity contribution is 1.34. The highest BCUT2D eigenvalue weighted by Gasteiger charge is 2.16. The number of nitrogens with zero attached hydrogens (tertiary/aromatic N) is 1. The Hall–Kier alpha value is -4.23. The third-order valence-corrected chi connectivity index (χ3v) is 6.13. The first-order chi connectivity index (χ1) is 15.9. The van der Waals surface area contributed by atoms with Crippen LogP contribution in [0.4, 0.5) is 0 Å². The van der Waals surface area contributed by atoms with Gasteiger partial charge in [-0.25, -0.2) is 0 Å². The standard InChI is InChI=1S/C31H21N/c1-2-10-22(11-3-1)23-17-19-24(20-18-23)30-25-12-4-6-14-27(25)31(29-16-8-9-21-32-29)28-15-7-5-13-26(28)30/h1-21H. The Labute approximate surface area is 187 Å². The smallest absolute Gasteiger partial charge is 0.0714 e. The van der Waals surface area contributed by atoms with Crippen molar-refractivity contribution in [2.45, 2.75) is 0 Å². The van der Waals surface area contributed by atoms with E-state index in [2.05, 4.69) is 115 Å². The van der Waals surface area contributed by atoms with E-state index in [-0.39, 0.29) is 0 Å². The van der Waals surface area contributed by atoms with E-state index < -0.39 is 0 Å². The highest BCUT2D eigenvalue weighted by Crippen LogP contribution is 2.43. The molecule has 0 N–H and O–H groups in total. The number of rotatable bonds is 3. The predicted octanol–water partition coefficient (Wildman–Crippen LogP) is 8.39. The van der Waals surface area contributed by atoms with E-state index in [1.54, 1.807) is 0 Å². The van der Waals surface area contributed by atoms with Crippen LogP contribution in [0.1, 0.15) is 0 Å². The van der Waals surface area contributed by atoms with Gasteiger partial charge in [-0.2, -0.15) is 0 Å². The highest BCUT2D eigenvalue weighted by atomic mass is 14.7. The Balaban J connectivity index is 1.65. The molecule has 1 heteroatoms. The summed E-state index contributed by atoms with van der Waals surface area (Å²) in [5.41, 5.74) is 7.17. The van der Waals surface area contributed by atoms with Gasteiger partial charge in [0.1, 0.15) is 0 Å². The van der Waals surface area contributed by atoms with Crippen LogP contribution in [-0.4, -0.2) is 4.98 Å². The quantitative estimate of drug-likeness (QED) is 0.268. The van der Waals surface area contributed by atoms with Crippen LogP contribution in [0.2, 0.25) is 0 Å². The molecule has 0 atom stereocenters. The van der Waals surface area contributed by atoms with Gasteiger partial charge < -0.3 is 0 Å². The van der Waals surface area contributed by atoms with Gasteiger partial charge in [0.25, 0.3) is 0 Å². The molecule has 6 rings (SSSR count). The summed E-state index contributed by atoms with van der Waals surface area (Å²) in [6.07, 6.45) is 1.87. The van der Waals surface area contributed by atoms with Gasteiger partial charge in [-0.3, -0.25) is 4.98 Å². The second kappa shape index (κ2) is 7.79. The minimum absolute atomic E-state index is 1.01. The van der Waals surface area contributed by atoms with E-state index in [0.717, 1.165) is 5.69 Å². The average Bonchev–Trinajstić information content (AvgIpc) is 2.88. The molecule has 1 aromatic heterocycles. The van der Waals surface area contributed by atoms with Crippen LogP contribution in [0, 0.1) is 0 Å². The fourth-order valence-electron chi connectivity index (χ4n) is 4.69. The fourth-order valence-corrected chi connectivity index (χ4v) is 4.69. The zero-order chi connectivity index (χ0) is 21.3. The molecule has 0 amide bonds. The molecule has 0 aliphatic carbocycles. The van der Waals surface area contributed by atoms with Crippen molar-refractivity contribution in [3.05, 3.63) is 128 Å². The molecule has 32 heavy (non-hydrogen) atoms. The lowest BCUT2D eigenvalue weighted by Gasteiger charge is -2.17. The number of aromatic nitrogens is 1. The summed E-state index contributed by atoms with van der Waals surface area (Å²) in [6.45, 7) is 0. The van der Waals surface area contributed by atoms with Gasteiger partial charge >= 0.3 is 0 Å². The Kier molecular flexibility index (Phi) is 4.51. The van der Waals surface area contributed by atoms with Gasteiger partial charge in [-0.15, -0.1) is 0 Å². The summed E-state index contributed by atoms with van der Waals surface area (Å²) < 4.78 is 0. The van der Waals surface area contributed by atoms with Crippen LogP contribution in [0.25, 0.3) is 55.1 Å². The Morgan fingerprint density at radius 1 is 0.344 bits per heavy atom. The first kappa shape index (κ1) is 18.5. The predicted molar refractivity (Wildman–Crippen MR) is 136 cm³/mol. The molecule has 0 aliphatic heterocycles. The molecule has 0 saturated heterocycles. The van der Waals surface area contributed by atoms with Crippen LogP contribution >= 0.6 is 0 Å². The minimum Gasteiger partial charge on any atom is -0.256 e. The molecule has 0 radical (unpaired) electrons. The van der Waals surface area contributed by atoms with E-state index in [1.807, 2.05) is 12.3 Å². The molecular weight excluding hydrogens is 386 g/mol. The molecular formula is C31H21N. The van der Waals surface area contributed by atoms with Gasteiger partial charge in [0, 0.05) is 11.8 Å². The molecule has 0 saturated carbocycles. The van der Waals surface area contributed by atoms with E-state index >= 15 is 0 Å². The molecule has 0 bridgehead atoms. The van der Waals surface area contributed by atoms with Crippen molar-refractivity contribution in [2.75, 3.05) is 0 Å². The van der Waals surface area contributed by atoms with E-state index in [9.17, 15) is 0 Å². The summed E-state index contributed by atoms with van der Waals surface area (Å²) >= 11 is 0. The van der Waals surface area contributed by atoms with Crippen molar-refractivity contribution in [2.24, 2.45) is 0 Å². The first-order valence-electron chi connectivity index (χ1n) is 10.9. The summed E-state index contributed by atoms with van der Waals surface area (Å²) in [6, 6.07) is 43.0. The second-order valence-corrected chi connectivity index (χ2v) is 8.00. The van der Waals surface area contributed by atoms with E-state index in [1.165, 1.54) is 49.4 Å². The molecule has 0 aliphatic rings. The zero-order valence-electron chi connectivity index (χ0n) is 17.6. The molecule has 0 spiro atoms. The first-order valence-corrected chi connectivity index (χ1v) is 10.9. The van der Waals surface area contributed by atoms with Gasteiger partial charge in [0.2, 0.25) is 0 Å². The maximum Gasteiger partial charge on any atom is 0.0714 e. The molecule has 6 aromatic rings. The van der Waals surface area contributed by atoms with Crippen molar-refractivity contribution in [1.82, 2.24) is 4.98 Å². The summed E-state index contributed by atoms with van der Waals surface area (Å²) in [5.74, 6) is 0. The van der Waals surface area contributed by atoms with Gasteiger partial charge in [-0.05, 0) is 55.9 Å². The second-order valence-electron chi connectivity index (χ2n) is 8.00. The van der Waals surface area contributed by atoms with E-state index in [4.69, 9.17) is 4.98 Å². The third kappa shape index (κ3) is 3.07. The van der Waals surface area contributed by atoms with Crippen LogP contribution in [0.15, 0.2) is 128 Å². The van der Waals surface area contributed by atoms with Gasteiger partial charge in [0.05, 0.1) is 5.69 Å². The molecule has 0 unspecified atom stereocenters. The molecule has 1 nitrogen and oxygen atoms in total. The molecule has 5 aromatic carbocycles. The average molecular weight is 408 g/mol. The number of hydrogen-bond donors (Lipinski definition) is 0. The summed E-state index contributed by atoms with van der Waals surface area (Å²) in [7, 11) is 0. The van der Waals surface area contributed by atoms with Crippen molar-refractivity contribution < 1.29 is 0 Å². The van der Waals surface area contributed by atoms with Crippen LogP contribution in [0.3, 0.4) is 0 Å². The molecule has 0 fully saturated rings.